The van der Waals surface area contributed by atoms with Crippen LogP contribution in [0, 0.1) is 0 Å². The fraction of sp³-hybridized carbons (Fsp3) is 0.143. The van der Waals surface area contributed by atoms with Gasteiger partial charge in [-0.1, -0.05) is 54.1 Å². The van der Waals surface area contributed by atoms with Crippen LogP contribution in [0.25, 0.3) is 0 Å². The Morgan fingerprint density at radius 2 is 1.65 bits per heavy atom. The summed E-state index contributed by atoms with van der Waals surface area (Å²) in [6, 6.07) is 16.8. The SMILES string of the molecule is OCC(Oc1ccccc1Cl)c1ccccc1. The molecule has 1 N–H and O–H groups in total. The van der Waals surface area contributed by atoms with Crippen molar-refractivity contribution in [1.82, 2.24) is 0 Å². The Bertz CT molecular complexity index is 471. The van der Waals surface area contributed by atoms with Crippen molar-refractivity contribution in [3.8, 4) is 5.75 Å². The fourth-order valence-corrected chi connectivity index (χ4v) is 1.75. The Morgan fingerprint density at radius 1 is 1.00 bits per heavy atom. The van der Waals surface area contributed by atoms with Gasteiger partial charge in [-0.2, -0.15) is 0 Å². The molecule has 0 saturated heterocycles. The van der Waals surface area contributed by atoms with Crippen LogP contribution in [-0.2, 0) is 0 Å². The smallest absolute Gasteiger partial charge is 0.147 e. The van der Waals surface area contributed by atoms with Gasteiger partial charge in [-0.05, 0) is 17.7 Å². The van der Waals surface area contributed by atoms with E-state index in [-0.39, 0.29) is 6.61 Å². The molecule has 0 aliphatic heterocycles. The highest BCUT2D eigenvalue weighted by molar-refractivity contribution is 6.32. The first-order valence-corrected chi connectivity index (χ1v) is 5.76. The Balaban J connectivity index is 2.19. The van der Waals surface area contributed by atoms with Crippen LogP contribution in [-0.4, -0.2) is 11.7 Å². The lowest BCUT2D eigenvalue weighted by molar-refractivity contribution is 0.116. The zero-order valence-electron chi connectivity index (χ0n) is 9.21. The van der Waals surface area contributed by atoms with Gasteiger partial charge in [0.05, 0.1) is 11.6 Å². The largest absolute Gasteiger partial charge is 0.482 e. The lowest BCUT2D eigenvalue weighted by Gasteiger charge is -2.17. The van der Waals surface area contributed by atoms with E-state index in [0.29, 0.717) is 10.8 Å². The Labute approximate surface area is 105 Å². The average Bonchev–Trinajstić information content (AvgIpc) is 2.39. The van der Waals surface area contributed by atoms with Crippen molar-refractivity contribution in [2.75, 3.05) is 6.61 Å². The van der Waals surface area contributed by atoms with E-state index in [1.54, 1.807) is 12.1 Å². The molecule has 0 bridgehead atoms. The summed E-state index contributed by atoms with van der Waals surface area (Å²) in [6.45, 7) is -0.0881. The van der Waals surface area contributed by atoms with Crippen molar-refractivity contribution in [3.63, 3.8) is 0 Å². The quantitative estimate of drug-likeness (QED) is 0.898. The molecular weight excluding hydrogens is 236 g/mol. The van der Waals surface area contributed by atoms with Gasteiger partial charge in [0, 0.05) is 0 Å². The number of hydrogen-bond acceptors (Lipinski definition) is 2. The molecule has 17 heavy (non-hydrogen) atoms. The van der Waals surface area contributed by atoms with Crippen LogP contribution in [0.5, 0.6) is 5.75 Å². The molecule has 1 atom stereocenters. The summed E-state index contributed by atoms with van der Waals surface area (Å²) in [5, 5.41) is 9.91. The number of benzene rings is 2. The zero-order valence-corrected chi connectivity index (χ0v) is 9.97. The summed E-state index contributed by atoms with van der Waals surface area (Å²) in [5.41, 5.74) is 0.926. The van der Waals surface area contributed by atoms with Crippen LogP contribution < -0.4 is 4.74 Å². The number of aliphatic hydroxyl groups excluding tert-OH is 1. The minimum absolute atomic E-state index is 0.0881. The van der Waals surface area contributed by atoms with Crippen molar-refractivity contribution in [2.24, 2.45) is 0 Å². The molecule has 0 fully saturated rings. The van der Waals surface area contributed by atoms with Crippen molar-refractivity contribution in [2.45, 2.75) is 6.10 Å². The molecular formula is C14H13ClO2. The molecule has 0 aliphatic carbocycles. The van der Waals surface area contributed by atoms with Gasteiger partial charge in [-0.25, -0.2) is 0 Å². The van der Waals surface area contributed by atoms with Gasteiger partial charge in [0.1, 0.15) is 11.9 Å². The Morgan fingerprint density at radius 3 is 2.29 bits per heavy atom. The summed E-state index contributed by atoms with van der Waals surface area (Å²) in [5.74, 6) is 0.581. The van der Waals surface area contributed by atoms with Crippen molar-refractivity contribution in [3.05, 3.63) is 65.2 Å². The molecule has 0 radical (unpaired) electrons. The fourth-order valence-electron chi connectivity index (χ4n) is 1.57. The summed E-state index contributed by atoms with van der Waals surface area (Å²) in [6.07, 6.45) is -0.393. The normalized spacial score (nSPS) is 12.1. The Hall–Kier alpha value is -1.51. The average molecular weight is 249 g/mol. The number of ether oxygens (including phenoxy) is 1. The number of rotatable bonds is 4. The maximum atomic E-state index is 9.36. The molecule has 0 aliphatic rings. The molecule has 2 aromatic carbocycles. The summed E-state index contributed by atoms with van der Waals surface area (Å²) in [4.78, 5) is 0. The highest BCUT2D eigenvalue weighted by Gasteiger charge is 2.13. The van der Waals surface area contributed by atoms with Gasteiger partial charge >= 0.3 is 0 Å². The highest BCUT2D eigenvalue weighted by Crippen LogP contribution is 2.28. The van der Waals surface area contributed by atoms with E-state index >= 15 is 0 Å². The monoisotopic (exact) mass is 248 g/mol. The molecule has 0 heterocycles. The van der Waals surface area contributed by atoms with Crippen molar-refractivity contribution < 1.29 is 9.84 Å². The van der Waals surface area contributed by atoms with Crippen LogP contribution in [0.2, 0.25) is 5.02 Å². The molecule has 1 unspecified atom stereocenters. The van der Waals surface area contributed by atoms with Gasteiger partial charge in [-0.15, -0.1) is 0 Å². The second-order valence-electron chi connectivity index (χ2n) is 3.63. The lowest BCUT2D eigenvalue weighted by atomic mass is 10.1. The predicted octanol–water partition coefficient (Wildman–Crippen LogP) is 3.45. The number of halogens is 1. The highest BCUT2D eigenvalue weighted by atomic mass is 35.5. The molecule has 2 rings (SSSR count). The third kappa shape index (κ3) is 2.99. The molecule has 0 aromatic heterocycles. The van der Waals surface area contributed by atoms with E-state index in [1.807, 2.05) is 42.5 Å². The van der Waals surface area contributed by atoms with E-state index in [9.17, 15) is 5.11 Å². The summed E-state index contributed by atoms with van der Waals surface area (Å²) in [7, 11) is 0. The maximum Gasteiger partial charge on any atom is 0.147 e. The third-order valence-electron chi connectivity index (χ3n) is 2.44. The molecule has 0 saturated carbocycles. The minimum atomic E-state index is -0.393. The predicted molar refractivity (Wildman–Crippen MR) is 68.3 cm³/mol. The van der Waals surface area contributed by atoms with Crippen LogP contribution >= 0.6 is 11.6 Å². The summed E-state index contributed by atoms with van der Waals surface area (Å²) < 4.78 is 5.70. The first kappa shape index (κ1) is 12.0. The first-order chi connectivity index (χ1) is 8.31. The van der Waals surface area contributed by atoms with Crippen LogP contribution in [0.4, 0.5) is 0 Å². The van der Waals surface area contributed by atoms with E-state index in [0.717, 1.165) is 5.56 Å². The second kappa shape index (κ2) is 5.71. The van der Waals surface area contributed by atoms with Gasteiger partial charge < -0.3 is 9.84 Å². The Kier molecular flexibility index (Phi) is 4.02. The molecule has 0 spiro atoms. The number of para-hydroxylation sites is 1. The number of aliphatic hydroxyl groups is 1. The second-order valence-corrected chi connectivity index (χ2v) is 4.04. The molecule has 2 aromatic rings. The zero-order chi connectivity index (χ0) is 12.1. The van der Waals surface area contributed by atoms with Gasteiger partial charge in [0.2, 0.25) is 0 Å². The lowest BCUT2D eigenvalue weighted by Crippen LogP contribution is -2.12. The maximum absolute atomic E-state index is 9.36. The van der Waals surface area contributed by atoms with Gasteiger partial charge in [0.15, 0.2) is 0 Å². The van der Waals surface area contributed by atoms with E-state index in [1.165, 1.54) is 0 Å². The van der Waals surface area contributed by atoms with Crippen LogP contribution in [0.3, 0.4) is 0 Å². The third-order valence-corrected chi connectivity index (χ3v) is 2.76. The summed E-state index contributed by atoms with van der Waals surface area (Å²) >= 11 is 6.01. The molecule has 0 amide bonds. The first-order valence-electron chi connectivity index (χ1n) is 5.38. The topological polar surface area (TPSA) is 29.5 Å². The van der Waals surface area contributed by atoms with Crippen molar-refractivity contribution in [1.29, 1.82) is 0 Å². The van der Waals surface area contributed by atoms with E-state index in [4.69, 9.17) is 16.3 Å². The van der Waals surface area contributed by atoms with Crippen LogP contribution in [0.1, 0.15) is 11.7 Å². The van der Waals surface area contributed by atoms with Gasteiger partial charge in [0.25, 0.3) is 0 Å². The van der Waals surface area contributed by atoms with E-state index < -0.39 is 6.10 Å². The number of hydrogen-bond donors (Lipinski definition) is 1. The molecule has 3 heteroatoms. The van der Waals surface area contributed by atoms with Gasteiger partial charge in [-0.3, -0.25) is 0 Å². The standard InChI is InChI=1S/C14H13ClO2/c15-12-8-4-5-9-13(12)17-14(10-16)11-6-2-1-3-7-11/h1-9,14,16H,10H2. The van der Waals surface area contributed by atoms with E-state index in [2.05, 4.69) is 0 Å². The molecule has 88 valence electrons. The van der Waals surface area contributed by atoms with Crippen molar-refractivity contribution >= 4 is 11.6 Å². The molecule has 2 nitrogen and oxygen atoms in total. The minimum Gasteiger partial charge on any atom is -0.482 e. The van der Waals surface area contributed by atoms with Crippen LogP contribution in [0.15, 0.2) is 54.6 Å².